The van der Waals surface area contributed by atoms with Crippen LogP contribution in [-0.2, 0) is 4.74 Å². The molecule has 1 fully saturated rings. The van der Waals surface area contributed by atoms with Crippen LogP contribution >= 0.6 is 0 Å². The van der Waals surface area contributed by atoms with Crippen LogP contribution in [-0.4, -0.2) is 29.2 Å². The minimum absolute atomic E-state index is 0.487. The number of ether oxygens (including phenoxy) is 1. The Morgan fingerprint density at radius 2 is 2.00 bits per heavy atom. The monoisotopic (exact) mass is 221 g/mol. The van der Waals surface area contributed by atoms with E-state index in [2.05, 4.69) is 15.3 Å². The first-order valence-corrected chi connectivity index (χ1v) is 5.99. The van der Waals surface area contributed by atoms with Crippen molar-refractivity contribution in [3.05, 3.63) is 18.0 Å². The molecule has 0 aliphatic heterocycles. The molecular formula is C12H19N3O. The lowest BCUT2D eigenvalue weighted by molar-refractivity contribution is 0.0658. The van der Waals surface area contributed by atoms with E-state index >= 15 is 0 Å². The first-order valence-electron chi connectivity index (χ1n) is 5.99. The van der Waals surface area contributed by atoms with E-state index in [1.807, 2.05) is 19.3 Å². The molecule has 0 spiro atoms. The first-order chi connectivity index (χ1) is 7.84. The van der Waals surface area contributed by atoms with Crippen LogP contribution in [0.3, 0.4) is 0 Å². The second-order valence-electron chi connectivity index (χ2n) is 4.29. The van der Waals surface area contributed by atoms with E-state index < -0.39 is 0 Å². The number of nitrogens with zero attached hydrogens (tertiary/aromatic N) is 2. The van der Waals surface area contributed by atoms with Gasteiger partial charge in [-0.15, -0.1) is 0 Å². The Balaban J connectivity index is 1.62. The molecule has 4 heteroatoms. The van der Waals surface area contributed by atoms with Gasteiger partial charge in [0.05, 0.1) is 12.7 Å². The van der Waals surface area contributed by atoms with Crippen molar-refractivity contribution in [1.82, 2.24) is 9.97 Å². The van der Waals surface area contributed by atoms with Gasteiger partial charge in [-0.05, 0) is 25.3 Å². The molecule has 0 bridgehead atoms. The Morgan fingerprint density at radius 3 is 2.69 bits per heavy atom. The zero-order chi connectivity index (χ0) is 11.2. The molecule has 16 heavy (non-hydrogen) atoms. The molecule has 0 aromatic carbocycles. The van der Waals surface area contributed by atoms with Crippen molar-refractivity contribution in [2.24, 2.45) is 0 Å². The van der Waals surface area contributed by atoms with Crippen LogP contribution in [0.4, 0.5) is 5.95 Å². The highest BCUT2D eigenvalue weighted by atomic mass is 16.5. The summed E-state index contributed by atoms with van der Waals surface area (Å²) in [6.45, 7) is 3.49. The average molecular weight is 221 g/mol. The maximum Gasteiger partial charge on any atom is 0.222 e. The van der Waals surface area contributed by atoms with Gasteiger partial charge in [-0.3, -0.25) is 0 Å². The highest BCUT2D eigenvalue weighted by molar-refractivity contribution is 5.23. The summed E-state index contributed by atoms with van der Waals surface area (Å²) in [6.07, 6.45) is 9.20. The van der Waals surface area contributed by atoms with Crippen molar-refractivity contribution >= 4 is 5.95 Å². The molecule has 88 valence electrons. The van der Waals surface area contributed by atoms with Gasteiger partial charge in [0.15, 0.2) is 0 Å². The van der Waals surface area contributed by atoms with Crippen LogP contribution < -0.4 is 5.32 Å². The van der Waals surface area contributed by atoms with Crippen molar-refractivity contribution in [3.63, 3.8) is 0 Å². The molecule has 1 aliphatic rings. The fourth-order valence-electron chi connectivity index (χ4n) is 1.93. The van der Waals surface area contributed by atoms with E-state index in [0.717, 1.165) is 18.7 Å². The Morgan fingerprint density at radius 1 is 1.31 bits per heavy atom. The van der Waals surface area contributed by atoms with Crippen LogP contribution in [0.1, 0.15) is 31.2 Å². The third-order valence-corrected chi connectivity index (χ3v) is 2.82. The predicted molar refractivity (Wildman–Crippen MR) is 63.5 cm³/mol. The molecule has 1 saturated carbocycles. The number of hydrogen-bond acceptors (Lipinski definition) is 4. The van der Waals surface area contributed by atoms with Gasteiger partial charge in [0.25, 0.3) is 0 Å². The molecule has 1 heterocycles. The van der Waals surface area contributed by atoms with Gasteiger partial charge in [-0.25, -0.2) is 9.97 Å². The molecule has 0 atom stereocenters. The fourth-order valence-corrected chi connectivity index (χ4v) is 1.93. The zero-order valence-corrected chi connectivity index (χ0v) is 9.78. The molecule has 4 nitrogen and oxygen atoms in total. The van der Waals surface area contributed by atoms with Crippen LogP contribution in [0.5, 0.6) is 0 Å². The number of aromatic nitrogens is 2. The van der Waals surface area contributed by atoms with E-state index in [4.69, 9.17) is 4.74 Å². The van der Waals surface area contributed by atoms with Crippen molar-refractivity contribution < 1.29 is 4.74 Å². The Kier molecular flexibility index (Phi) is 4.10. The number of hydrogen-bond donors (Lipinski definition) is 1. The third kappa shape index (κ3) is 3.45. The van der Waals surface area contributed by atoms with Gasteiger partial charge in [0.2, 0.25) is 5.95 Å². The first kappa shape index (κ1) is 11.3. The molecule has 2 rings (SSSR count). The quantitative estimate of drug-likeness (QED) is 0.774. The summed E-state index contributed by atoms with van der Waals surface area (Å²) in [5.74, 6) is 0.681. The molecule has 0 saturated heterocycles. The minimum Gasteiger partial charge on any atom is -0.376 e. The summed E-state index contributed by atoms with van der Waals surface area (Å²) >= 11 is 0. The largest absolute Gasteiger partial charge is 0.376 e. The summed E-state index contributed by atoms with van der Waals surface area (Å²) in [4.78, 5) is 8.34. The van der Waals surface area contributed by atoms with E-state index in [1.54, 1.807) is 0 Å². The van der Waals surface area contributed by atoms with Crippen molar-refractivity contribution in [3.8, 4) is 0 Å². The lowest BCUT2D eigenvalue weighted by atomic mass is 10.3. The van der Waals surface area contributed by atoms with Crippen molar-refractivity contribution in [2.45, 2.75) is 38.7 Å². The van der Waals surface area contributed by atoms with Crippen LogP contribution in [0.15, 0.2) is 12.4 Å². The average Bonchev–Trinajstić information content (AvgIpc) is 2.80. The highest BCUT2D eigenvalue weighted by Gasteiger charge is 2.14. The van der Waals surface area contributed by atoms with E-state index in [0.29, 0.717) is 12.1 Å². The highest BCUT2D eigenvalue weighted by Crippen LogP contribution is 2.20. The summed E-state index contributed by atoms with van der Waals surface area (Å²) in [5, 5.41) is 3.15. The standard InChI is InChI=1S/C12H19N3O/c1-10-8-14-12(15-9-10)13-6-7-16-11-4-2-3-5-11/h8-9,11H,2-7H2,1H3,(H,13,14,15). The summed E-state index contributed by atoms with van der Waals surface area (Å²) < 4.78 is 5.73. The second-order valence-corrected chi connectivity index (χ2v) is 4.29. The lowest BCUT2D eigenvalue weighted by Crippen LogP contribution is -2.16. The molecule has 0 unspecified atom stereocenters. The summed E-state index contributed by atoms with van der Waals surface area (Å²) in [6, 6.07) is 0. The van der Waals surface area contributed by atoms with E-state index in [1.165, 1.54) is 25.7 Å². The zero-order valence-electron chi connectivity index (χ0n) is 9.78. The van der Waals surface area contributed by atoms with Crippen LogP contribution in [0.2, 0.25) is 0 Å². The molecular weight excluding hydrogens is 202 g/mol. The molecule has 1 aromatic rings. The second kappa shape index (κ2) is 5.80. The van der Waals surface area contributed by atoms with Gasteiger partial charge in [0, 0.05) is 18.9 Å². The van der Waals surface area contributed by atoms with Gasteiger partial charge >= 0.3 is 0 Å². The van der Waals surface area contributed by atoms with Gasteiger partial charge < -0.3 is 10.1 Å². The summed E-state index contributed by atoms with van der Waals surface area (Å²) in [5.41, 5.74) is 1.08. The number of rotatable bonds is 5. The predicted octanol–water partition coefficient (Wildman–Crippen LogP) is 2.16. The van der Waals surface area contributed by atoms with Gasteiger partial charge in [-0.1, -0.05) is 12.8 Å². The molecule has 1 aliphatic carbocycles. The topological polar surface area (TPSA) is 47.0 Å². The maximum absolute atomic E-state index is 5.73. The third-order valence-electron chi connectivity index (χ3n) is 2.82. The van der Waals surface area contributed by atoms with E-state index in [-0.39, 0.29) is 0 Å². The number of nitrogens with one attached hydrogen (secondary N) is 1. The Bertz CT molecular complexity index is 307. The van der Waals surface area contributed by atoms with E-state index in [9.17, 15) is 0 Å². The lowest BCUT2D eigenvalue weighted by Gasteiger charge is -2.11. The Hall–Kier alpha value is -1.16. The van der Waals surface area contributed by atoms with Crippen LogP contribution in [0, 0.1) is 6.92 Å². The molecule has 1 aromatic heterocycles. The summed E-state index contributed by atoms with van der Waals surface area (Å²) in [7, 11) is 0. The van der Waals surface area contributed by atoms with Gasteiger partial charge in [0.1, 0.15) is 0 Å². The van der Waals surface area contributed by atoms with Crippen LogP contribution in [0.25, 0.3) is 0 Å². The van der Waals surface area contributed by atoms with Crippen molar-refractivity contribution in [1.29, 1.82) is 0 Å². The molecule has 0 radical (unpaired) electrons. The number of anilines is 1. The van der Waals surface area contributed by atoms with Crippen molar-refractivity contribution in [2.75, 3.05) is 18.5 Å². The van der Waals surface area contributed by atoms with Gasteiger partial charge in [-0.2, -0.15) is 0 Å². The smallest absolute Gasteiger partial charge is 0.222 e. The number of aryl methyl sites for hydroxylation is 1. The fraction of sp³-hybridized carbons (Fsp3) is 0.667. The minimum atomic E-state index is 0.487. The normalized spacial score (nSPS) is 16.6. The molecule has 1 N–H and O–H groups in total. The maximum atomic E-state index is 5.73. The molecule has 0 amide bonds. The Labute approximate surface area is 96.4 Å². The SMILES string of the molecule is Cc1cnc(NCCOC2CCCC2)nc1.